The summed E-state index contributed by atoms with van der Waals surface area (Å²) in [5.74, 6) is 5.19. The zero-order valence-electron chi connectivity index (χ0n) is 19.3. The molecule has 0 aliphatic heterocycles. The smallest absolute Gasteiger partial charge is 0.0815 e. The Morgan fingerprint density at radius 2 is 1.27 bits per heavy atom. The second-order valence-electron chi connectivity index (χ2n) is 11.9. The fraction of sp³-hybridized carbons (Fsp3) is 0.741. The first-order valence-electron chi connectivity index (χ1n) is 12.3. The Hall–Kier alpha value is -1.51. The zero-order chi connectivity index (χ0) is 20.9. The highest BCUT2D eigenvalue weighted by Crippen LogP contribution is 2.62. The number of hydrogen-bond donors (Lipinski definition) is 0. The summed E-state index contributed by atoms with van der Waals surface area (Å²) < 4.78 is 0. The Morgan fingerprint density at radius 3 is 1.67 bits per heavy atom. The van der Waals surface area contributed by atoms with Gasteiger partial charge in [-0.3, -0.25) is 9.98 Å². The Bertz CT molecular complexity index is 767. The third-order valence-corrected chi connectivity index (χ3v) is 9.92. The lowest BCUT2D eigenvalue weighted by Gasteiger charge is -2.60. The SMILES string of the molecule is CC1(C)[C@H]2CC[C@@H](CN=Cc3cccc(C=NC[C@@H]4CC[C@H]5C[C@@H]4C5(C)C)n3)[C@@H]1C2. The molecule has 6 fully saturated rings. The number of nitrogens with zero attached hydrogens (tertiary/aromatic N) is 3. The first-order chi connectivity index (χ1) is 14.4. The van der Waals surface area contributed by atoms with E-state index in [1.807, 2.05) is 12.4 Å². The molecule has 1 aromatic rings. The number of pyridine rings is 1. The topological polar surface area (TPSA) is 37.6 Å². The van der Waals surface area contributed by atoms with Gasteiger partial charge in [0.25, 0.3) is 0 Å². The van der Waals surface area contributed by atoms with Crippen LogP contribution in [0, 0.1) is 46.3 Å². The molecule has 0 spiro atoms. The summed E-state index contributed by atoms with van der Waals surface area (Å²) in [6, 6.07) is 6.20. The number of aliphatic imine (C=N–C) groups is 2. The summed E-state index contributed by atoms with van der Waals surface area (Å²) in [5.41, 5.74) is 3.00. The second-order valence-corrected chi connectivity index (χ2v) is 11.9. The molecule has 30 heavy (non-hydrogen) atoms. The largest absolute Gasteiger partial charge is 0.291 e. The molecule has 0 radical (unpaired) electrons. The molecule has 0 saturated heterocycles. The van der Waals surface area contributed by atoms with E-state index in [4.69, 9.17) is 15.0 Å². The predicted molar refractivity (Wildman–Crippen MR) is 125 cm³/mol. The molecule has 162 valence electrons. The van der Waals surface area contributed by atoms with Crippen LogP contribution >= 0.6 is 0 Å². The first-order valence-corrected chi connectivity index (χ1v) is 12.3. The van der Waals surface area contributed by atoms with E-state index in [1.54, 1.807) is 0 Å². The van der Waals surface area contributed by atoms with Crippen LogP contribution in [0.4, 0.5) is 0 Å². The molecule has 6 aliphatic carbocycles. The summed E-state index contributed by atoms with van der Waals surface area (Å²) in [5, 5.41) is 0. The van der Waals surface area contributed by atoms with Crippen molar-refractivity contribution in [2.45, 2.75) is 66.2 Å². The number of aromatic nitrogens is 1. The molecule has 1 heterocycles. The van der Waals surface area contributed by atoms with Crippen LogP contribution in [0.2, 0.25) is 0 Å². The summed E-state index contributed by atoms with van der Waals surface area (Å²) in [7, 11) is 0. The van der Waals surface area contributed by atoms with Crippen LogP contribution < -0.4 is 0 Å². The van der Waals surface area contributed by atoms with Crippen LogP contribution in [0.15, 0.2) is 28.2 Å². The van der Waals surface area contributed by atoms with Crippen molar-refractivity contribution in [3.05, 3.63) is 29.6 Å². The maximum absolute atomic E-state index is 4.80. The average molecular weight is 406 g/mol. The fourth-order valence-electron chi connectivity index (χ4n) is 7.54. The van der Waals surface area contributed by atoms with Gasteiger partial charge in [-0.2, -0.15) is 0 Å². The van der Waals surface area contributed by atoms with Crippen molar-refractivity contribution in [1.82, 2.24) is 4.98 Å². The van der Waals surface area contributed by atoms with Gasteiger partial charge in [-0.15, -0.1) is 0 Å². The van der Waals surface area contributed by atoms with Gasteiger partial charge in [0.15, 0.2) is 0 Å². The third kappa shape index (κ3) is 3.46. The van der Waals surface area contributed by atoms with Crippen molar-refractivity contribution in [3.8, 4) is 0 Å². The Morgan fingerprint density at radius 1 is 0.800 bits per heavy atom. The van der Waals surface area contributed by atoms with Crippen LogP contribution in [0.25, 0.3) is 0 Å². The van der Waals surface area contributed by atoms with Gasteiger partial charge in [-0.25, -0.2) is 4.98 Å². The van der Waals surface area contributed by atoms with Crippen LogP contribution in [0.3, 0.4) is 0 Å². The third-order valence-electron chi connectivity index (χ3n) is 9.92. The normalized spacial score (nSPS) is 38.4. The fourth-order valence-corrected chi connectivity index (χ4v) is 7.54. The van der Waals surface area contributed by atoms with Crippen LogP contribution in [-0.4, -0.2) is 30.5 Å². The van der Waals surface area contributed by atoms with Crippen molar-refractivity contribution in [2.24, 2.45) is 56.3 Å². The lowest BCUT2D eigenvalue weighted by molar-refractivity contribution is -0.101. The summed E-state index contributed by atoms with van der Waals surface area (Å²) >= 11 is 0. The van der Waals surface area contributed by atoms with Gasteiger partial charge in [0.05, 0.1) is 11.4 Å². The van der Waals surface area contributed by atoms with Crippen LogP contribution in [0.5, 0.6) is 0 Å². The molecular formula is C27H39N3. The molecule has 3 nitrogen and oxygen atoms in total. The lowest BCUT2D eigenvalue weighted by atomic mass is 9.45. The summed E-state index contributed by atoms with van der Waals surface area (Å²) in [4.78, 5) is 14.4. The van der Waals surface area contributed by atoms with E-state index in [0.29, 0.717) is 10.8 Å². The average Bonchev–Trinajstić information content (AvgIpc) is 2.74. The molecule has 0 amide bonds. The van der Waals surface area contributed by atoms with E-state index in [0.717, 1.165) is 60.0 Å². The van der Waals surface area contributed by atoms with E-state index in [-0.39, 0.29) is 0 Å². The molecular weight excluding hydrogens is 366 g/mol. The monoisotopic (exact) mass is 405 g/mol. The maximum Gasteiger partial charge on any atom is 0.0815 e. The standard InChI is InChI=1S/C27H39N3/c1-26(2)20-10-8-18(24(26)12-20)14-28-16-22-6-5-7-23(30-22)17-29-15-19-9-11-21-13-25(19)27(21,3)4/h5-7,16-21,24-25H,8-15H2,1-4H3/t18-,19-,20-,21-,24-,25-/m0/s1. The van der Waals surface area contributed by atoms with Crippen molar-refractivity contribution in [1.29, 1.82) is 0 Å². The quantitative estimate of drug-likeness (QED) is 0.530. The van der Waals surface area contributed by atoms with E-state index in [2.05, 4.69) is 45.9 Å². The van der Waals surface area contributed by atoms with E-state index in [9.17, 15) is 0 Å². The molecule has 4 bridgehead atoms. The van der Waals surface area contributed by atoms with Crippen LogP contribution in [-0.2, 0) is 0 Å². The van der Waals surface area contributed by atoms with E-state index < -0.39 is 0 Å². The molecule has 6 atom stereocenters. The lowest BCUT2D eigenvalue weighted by Crippen LogP contribution is -2.53. The van der Waals surface area contributed by atoms with Gasteiger partial charge >= 0.3 is 0 Å². The van der Waals surface area contributed by atoms with Crippen molar-refractivity contribution < 1.29 is 0 Å². The molecule has 6 saturated carbocycles. The molecule has 6 aliphatic rings. The molecule has 7 rings (SSSR count). The minimum Gasteiger partial charge on any atom is -0.291 e. The highest BCUT2D eigenvalue weighted by atomic mass is 14.8. The molecule has 0 unspecified atom stereocenters. The predicted octanol–water partition coefficient (Wildman–Crippen LogP) is 6.06. The molecule has 0 N–H and O–H groups in total. The Labute approximate surface area is 182 Å². The van der Waals surface area contributed by atoms with Gasteiger partial charge < -0.3 is 0 Å². The molecule has 3 heteroatoms. The highest BCUT2D eigenvalue weighted by Gasteiger charge is 2.54. The van der Waals surface area contributed by atoms with Crippen LogP contribution in [0.1, 0.15) is 77.6 Å². The number of hydrogen-bond acceptors (Lipinski definition) is 3. The minimum absolute atomic E-state index is 0.543. The highest BCUT2D eigenvalue weighted by molar-refractivity contribution is 5.81. The first kappa shape index (κ1) is 20.4. The molecule has 0 aromatic carbocycles. The minimum atomic E-state index is 0.543. The Balaban J connectivity index is 1.15. The van der Waals surface area contributed by atoms with Gasteiger partial charge in [-0.05, 0) is 97.0 Å². The van der Waals surface area contributed by atoms with Gasteiger partial charge in [0.2, 0.25) is 0 Å². The summed E-state index contributed by atoms with van der Waals surface area (Å²) in [6.07, 6.45) is 12.3. The maximum atomic E-state index is 4.80. The number of rotatable bonds is 6. The Kier molecular flexibility index (Phi) is 5.14. The van der Waals surface area contributed by atoms with Crippen molar-refractivity contribution in [3.63, 3.8) is 0 Å². The van der Waals surface area contributed by atoms with E-state index >= 15 is 0 Å². The van der Waals surface area contributed by atoms with Crippen molar-refractivity contribution >= 4 is 12.4 Å². The zero-order valence-corrected chi connectivity index (χ0v) is 19.3. The molecule has 1 aromatic heterocycles. The number of fused-ring (bicyclic) bond motifs is 4. The summed E-state index contributed by atoms with van der Waals surface area (Å²) in [6.45, 7) is 11.8. The second kappa shape index (κ2) is 7.57. The van der Waals surface area contributed by atoms with Crippen molar-refractivity contribution in [2.75, 3.05) is 13.1 Å². The van der Waals surface area contributed by atoms with Gasteiger partial charge in [0, 0.05) is 25.5 Å². The van der Waals surface area contributed by atoms with E-state index in [1.165, 1.54) is 38.5 Å². The van der Waals surface area contributed by atoms with Gasteiger partial charge in [-0.1, -0.05) is 33.8 Å². The van der Waals surface area contributed by atoms with Gasteiger partial charge in [0.1, 0.15) is 0 Å².